The molecular formula is C32H52N4O11. The van der Waals surface area contributed by atoms with Crippen LogP contribution in [0.3, 0.4) is 0 Å². The Kier molecular flexibility index (Phi) is 19.5. The van der Waals surface area contributed by atoms with E-state index in [2.05, 4.69) is 0 Å². The zero-order valence-corrected chi connectivity index (χ0v) is 28.2. The van der Waals surface area contributed by atoms with Gasteiger partial charge in [-0.25, -0.2) is 0 Å². The van der Waals surface area contributed by atoms with Crippen LogP contribution in [0.25, 0.3) is 0 Å². The lowest BCUT2D eigenvalue weighted by Gasteiger charge is -2.35. The van der Waals surface area contributed by atoms with E-state index in [0.717, 1.165) is 5.56 Å². The van der Waals surface area contributed by atoms with Crippen LogP contribution in [0, 0.1) is 0 Å². The maximum absolute atomic E-state index is 12.7. The van der Waals surface area contributed by atoms with Crippen LogP contribution < -0.4 is 4.74 Å². The number of hydrogen-bond acceptors (Lipinski definition) is 14. The van der Waals surface area contributed by atoms with Crippen molar-refractivity contribution in [3.05, 3.63) is 29.8 Å². The van der Waals surface area contributed by atoms with Gasteiger partial charge in [0.05, 0.1) is 60.8 Å². The monoisotopic (exact) mass is 668 g/mol. The molecule has 0 unspecified atom stereocenters. The van der Waals surface area contributed by atoms with Gasteiger partial charge in [-0.2, -0.15) is 0 Å². The van der Waals surface area contributed by atoms with Crippen LogP contribution in [0.5, 0.6) is 5.75 Å². The van der Waals surface area contributed by atoms with Gasteiger partial charge in [-0.3, -0.25) is 38.8 Å². The van der Waals surface area contributed by atoms with E-state index < -0.39 is 29.9 Å². The molecule has 0 spiro atoms. The Labute approximate surface area is 277 Å². The summed E-state index contributed by atoms with van der Waals surface area (Å²) in [5, 5.41) is 10.4. The highest BCUT2D eigenvalue weighted by atomic mass is 16.5. The lowest BCUT2D eigenvalue weighted by atomic mass is 10.0. The number of nitrogens with zero attached hydrogens (tertiary/aromatic N) is 4. The zero-order chi connectivity index (χ0) is 34.4. The van der Waals surface area contributed by atoms with Crippen molar-refractivity contribution in [2.24, 2.45) is 0 Å². The van der Waals surface area contributed by atoms with Gasteiger partial charge in [0.1, 0.15) is 18.4 Å². The van der Waals surface area contributed by atoms with Crippen molar-refractivity contribution in [2.75, 3.05) is 126 Å². The van der Waals surface area contributed by atoms with E-state index in [0.29, 0.717) is 91.1 Å². The molecule has 1 saturated heterocycles. The average molecular weight is 669 g/mol. The second kappa shape index (κ2) is 23.1. The molecule has 0 radical (unpaired) electrons. The number of carboxylic acids is 1. The van der Waals surface area contributed by atoms with E-state index in [1.54, 1.807) is 12.1 Å². The average Bonchev–Trinajstić information content (AvgIpc) is 3.07. The fraction of sp³-hybridized carbons (Fsp3) is 0.688. The summed E-state index contributed by atoms with van der Waals surface area (Å²) < 4.78 is 31.1. The van der Waals surface area contributed by atoms with Crippen LogP contribution in [0.2, 0.25) is 0 Å². The number of methoxy groups -OCH3 is 3. The van der Waals surface area contributed by atoms with Crippen molar-refractivity contribution >= 4 is 23.9 Å². The third-order valence-electron chi connectivity index (χ3n) is 7.76. The molecule has 2 rings (SSSR count). The normalized spacial score (nSPS) is 16.8. The molecule has 1 aromatic carbocycles. The quantitative estimate of drug-likeness (QED) is 0.125. The van der Waals surface area contributed by atoms with E-state index >= 15 is 0 Å². The number of aliphatic carboxylic acids is 1. The highest BCUT2D eigenvalue weighted by molar-refractivity contribution is 5.74. The summed E-state index contributed by atoms with van der Waals surface area (Å²) in [7, 11) is 3.96. The summed E-state index contributed by atoms with van der Waals surface area (Å²) in [5.74, 6) is -1.56. The highest BCUT2D eigenvalue weighted by Gasteiger charge is 2.28. The molecule has 0 amide bonds. The molecule has 15 heteroatoms. The number of rotatable bonds is 18. The summed E-state index contributed by atoms with van der Waals surface area (Å²) in [6.07, 6.45) is 0.233. The lowest BCUT2D eigenvalue weighted by molar-refractivity contribution is -0.145. The molecule has 1 fully saturated rings. The number of carboxylic acid groups (broad SMARTS) is 1. The number of carbonyl (C=O) groups excluding carboxylic acids is 3. The summed E-state index contributed by atoms with van der Waals surface area (Å²) in [6, 6.07) is 6.43. The Morgan fingerprint density at radius 2 is 1.09 bits per heavy atom. The van der Waals surface area contributed by atoms with Gasteiger partial charge >= 0.3 is 23.9 Å². The number of ether oxygens (including phenoxy) is 6. The van der Waals surface area contributed by atoms with Crippen LogP contribution in [0.4, 0.5) is 0 Å². The molecule has 1 aromatic rings. The predicted molar refractivity (Wildman–Crippen MR) is 171 cm³/mol. The minimum absolute atomic E-state index is 0.0155. The van der Waals surface area contributed by atoms with Crippen molar-refractivity contribution in [1.29, 1.82) is 0 Å². The Balaban J connectivity index is 2.18. The second-order valence-electron chi connectivity index (χ2n) is 11.0. The van der Waals surface area contributed by atoms with Crippen LogP contribution in [0.1, 0.15) is 12.5 Å². The molecule has 1 heterocycles. The molecule has 266 valence electrons. The summed E-state index contributed by atoms with van der Waals surface area (Å²) in [5.41, 5.74) is 0.820. The summed E-state index contributed by atoms with van der Waals surface area (Å²) >= 11 is 0. The number of hydrogen-bond donors (Lipinski definition) is 1. The first-order valence-corrected chi connectivity index (χ1v) is 15.9. The van der Waals surface area contributed by atoms with Crippen molar-refractivity contribution in [2.45, 2.75) is 19.4 Å². The molecule has 1 N–H and O–H groups in total. The van der Waals surface area contributed by atoms with Gasteiger partial charge in [-0.15, -0.1) is 0 Å². The fourth-order valence-corrected chi connectivity index (χ4v) is 4.98. The second-order valence-corrected chi connectivity index (χ2v) is 11.0. The third kappa shape index (κ3) is 16.4. The molecule has 0 bridgehead atoms. The molecule has 1 aliphatic rings. The van der Waals surface area contributed by atoms with Gasteiger partial charge in [0.25, 0.3) is 0 Å². The van der Waals surface area contributed by atoms with Crippen molar-refractivity contribution in [1.82, 2.24) is 19.6 Å². The number of carbonyl (C=O) groups is 4. The van der Waals surface area contributed by atoms with Gasteiger partial charge < -0.3 is 33.5 Å². The maximum atomic E-state index is 12.7. The van der Waals surface area contributed by atoms with E-state index in [1.165, 1.54) is 21.3 Å². The number of esters is 3. The predicted octanol–water partition coefficient (Wildman–Crippen LogP) is -0.145. The first-order valence-electron chi connectivity index (χ1n) is 15.9. The van der Waals surface area contributed by atoms with E-state index in [9.17, 15) is 24.3 Å². The first kappa shape index (κ1) is 39.8. The minimum Gasteiger partial charge on any atom is -0.491 e. The molecule has 1 atom stereocenters. The highest BCUT2D eigenvalue weighted by Crippen LogP contribution is 2.16. The molecule has 15 nitrogen and oxygen atoms in total. The van der Waals surface area contributed by atoms with Crippen LogP contribution >= 0.6 is 0 Å². The molecule has 0 aromatic heterocycles. The van der Waals surface area contributed by atoms with Crippen molar-refractivity contribution < 1.29 is 52.7 Å². The summed E-state index contributed by atoms with van der Waals surface area (Å²) in [4.78, 5) is 56.8. The molecular weight excluding hydrogens is 616 g/mol. The molecule has 47 heavy (non-hydrogen) atoms. The maximum Gasteiger partial charge on any atom is 0.321 e. The number of benzene rings is 1. The standard InChI is InChI=1S/C32H52N4O11/c1-5-45-18-19-46-20-21-47-27-8-6-26(7-9-27)22-28(32(40)41)36-16-14-34(24-30(38)43-3)12-10-33(23-29(37)42-2)11-13-35(15-17-36)25-31(39)44-4/h6-9,28H,5,10-25H2,1-4H3,(H,40,41)/t28-/m1/s1. The van der Waals surface area contributed by atoms with Crippen molar-refractivity contribution in [3.63, 3.8) is 0 Å². The minimum atomic E-state index is -0.982. The topological polar surface area (TPSA) is 157 Å². The van der Waals surface area contributed by atoms with E-state index in [4.69, 9.17) is 28.4 Å². The summed E-state index contributed by atoms with van der Waals surface area (Å²) in [6.45, 7) is 7.64. The third-order valence-corrected chi connectivity index (χ3v) is 7.76. The lowest BCUT2D eigenvalue weighted by Crippen LogP contribution is -2.52. The van der Waals surface area contributed by atoms with Crippen LogP contribution in [0.15, 0.2) is 24.3 Å². The largest absolute Gasteiger partial charge is 0.491 e. The van der Waals surface area contributed by atoms with Crippen LogP contribution in [-0.4, -0.2) is 181 Å². The zero-order valence-electron chi connectivity index (χ0n) is 28.2. The smallest absolute Gasteiger partial charge is 0.321 e. The van der Waals surface area contributed by atoms with Crippen molar-refractivity contribution in [3.8, 4) is 5.75 Å². The molecule has 0 aliphatic carbocycles. The van der Waals surface area contributed by atoms with Gasteiger partial charge in [0, 0.05) is 59.0 Å². The van der Waals surface area contributed by atoms with Gasteiger partial charge in [0.15, 0.2) is 0 Å². The van der Waals surface area contributed by atoms with E-state index in [1.807, 2.05) is 38.7 Å². The first-order chi connectivity index (χ1) is 22.7. The van der Waals surface area contributed by atoms with Gasteiger partial charge in [-0.05, 0) is 31.0 Å². The van der Waals surface area contributed by atoms with Crippen LogP contribution in [-0.2, 0) is 49.3 Å². The SMILES string of the molecule is CCOCCOCCOc1ccc(C[C@H](C(=O)O)N2CCN(CC(=O)OC)CCN(CC(=O)OC)CCN(CC(=O)OC)CC2)cc1. The Morgan fingerprint density at radius 1 is 0.660 bits per heavy atom. The Bertz CT molecular complexity index is 1040. The Morgan fingerprint density at radius 3 is 1.51 bits per heavy atom. The fourth-order valence-electron chi connectivity index (χ4n) is 4.98. The molecule has 0 saturated carbocycles. The van der Waals surface area contributed by atoms with Gasteiger partial charge in [-0.1, -0.05) is 12.1 Å². The van der Waals surface area contributed by atoms with E-state index in [-0.39, 0.29) is 26.1 Å². The molecule has 1 aliphatic heterocycles. The Hall–Kier alpha value is -3.34. The van der Waals surface area contributed by atoms with Gasteiger partial charge in [0.2, 0.25) is 0 Å².